The number of nitrogens with zero attached hydrogens (tertiary/aromatic N) is 1. The Morgan fingerprint density at radius 1 is 1.58 bits per heavy atom. The zero-order valence-corrected chi connectivity index (χ0v) is 10.6. The van der Waals surface area contributed by atoms with Crippen molar-refractivity contribution < 1.29 is 24.0 Å². The second kappa shape index (κ2) is 8.09. The number of aliphatic carboxylic acids is 1. The number of hydrogen-bond acceptors (Lipinski definition) is 5. The van der Waals surface area contributed by atoms with E-state index in [9.17, 15) is 9.59 Å². The summed E-state index contributed by atoms with van der Waals surface area (Å²) in [6, 6.07) is 0.105. The average Bonchev–Trinajstić information content (AvgIpc) is 2.88. The first-order chi connectivity index (χ1) is 9.13. The summed E-state index contributed by atoms with van der Waals surface area (Å²) in [5, 5.41) is 17.4. The quantitative estimate of drug-likeness (QED) is 0.588. The predicted molar refractivity (Wildman–Crippen MR) is 64.4 cm³/mol. The highest BCUT2D eigenvalue weighted by molar-refractivity contribution is 5.82. The fourth-order valence-corrected chi connectivity index (χ4v) is 1.40. The molecule has 1 aromatic heterocycles. The Balaban J connectivity index is 2.32. The molecule has 0 aliphatic heterocycles. The van der Waals surface area contributed by atoms with Crippen molar-refractivity contribution in [3.8, 4) is 0 Å². The molecule has 8 nitrogen and oxygen atoms in total. The lowest BCUT2D eigenvalue weighted by atomic mass is 10.1. The molecule has 0 saturated heterocycles. The van der Waals surface area contributed by atoms with Crippen molar-refractivity contribution >= 4 is 12.0 Å². The van der Waals surface area contributed by atoms with Crippen molar-refractivity contribution in [3.05, 3.63) is 18.0 Å². The second-order valence-corrected chi connectivity index (χ2v) is 3.84. The smallest absolute Gasteiger partial charge is 0.326 e. The molecule has 0 aromatic carbocycles. The third-order valence-electron chi connectivity index (χ3n) is 2.37. The van der Waals surface area contributed by atoms with Crippen molar-refractivity contribution in [2.24, 2.45) is 0 Å². The first-order valence-electron chi connectivity index (χ1n) is 5.79. The molecule has 0 aliphatic rings. The zero-order chi connectivity index (χ0) is 14.1. The lowest BCUT2D eigenvalue weighted by Gasteiger charge is -2.14. The van der Waals surface area contributed by atoms with E-state index in [-0.39, 0.29) is 6.54 Å². The third-order valence-corrected chi connectivity index (χ3v) is 2.37. The Hall–Kier alpha value is -2.09. The topological polar surface area (TPSA) is 114 Å². The van der Waals surface area contributed by atoms with Crippen LogP contribution in [0.1, 0.15) is 18.5 Å². The van der Waals surface area contributed by atoms with Crippen LogP contribution in [-0.2, 0) is 16.1 Å². The predicted octanol–water partition coefficient (Wildman–Crippen LogP) is 0.354. The highest BCUT2D eigenvalue weighted by atomic mass is 16.5. The molecule has 0 bridgehead atoms. The minimum atomic E-state index is -1.08. The van der Waals surface area contributed by atoms with Gasteiger partial charge in [-0.05, 0) is 12.8 Å². The number of aromatic nitrogens is 1. The standard InChI is InChI=1S/C11H17N3O5/c1-18-5-2-3-9(10(15)16)13-11(17)12-7-8-4-6-19-14-8/h4,6,9H,2-3,5,7H2,1H3,(H,15,16)(H2,12,13,17). The summed E-state index contributed by atoms with van der Waals surface area (Å²) in [7, 11) is 1.54. The first kappa shape index (κ1) is 15.0. The number of carbonyl (C=O) groups is 2. The van der Waals surface area contributed by atoms with Gasteiger partial charge in [-0.1, -0.05) is 5.16 Å². The maximum Gasteiger partial charge on any atom is 0.326 e. The third kappa shape index (κ3) is 5.87. The number of carboxylic acids is 1. The van der Waals surface area contributed by atoms with Gasteiger partial charge in [0.05, 0.1) is 6.54 Å². The van der Waals surface area contributed by atoms with Gasteiger partial charge < -0.3 is 25.0 Å². The molecule has 0 spiro atoms. The summed E-state index contributed by atoms with van der Waals surface area (Å²) in [6.07, 6.45) is 2.25. The summed E-state index contributed by atoms with van der Waals surface area (Å²) >= 11 is 0. The van der Waals surface area contributed by atoms with Crippen LogP contribution in [0.5, 0.6) is 0 Å². The molecule has 8 heteroatoms. The van der Waals surface area contributed by atoms with E-state index in [4.69, 9.17) is 9.84 Å². The Morgan fingerprint density at radius 2 is 2.37 bits per heavy atom. The molecule has 1 rings (SSSR count). The van der Waals surface area contributed by atoms with E-state index < -0.39 is 18.0 Å². The Labute approximate surface area is 110 Å². The Bertz CT molecular complexity index is 393. The number of carbonyl (C=O) groups excluding carboxylic acids is 1. The van der Waals surface area contributed by atoms with Gasteiger partial charge in [-0.25, -0.2) is 9.59 Å². The van der Waals surface area contributed by atoms with Gasteiger partial charge in [0.1, 0.15) is 18.0 Å². The molecule has 3 N–H and O–H groups in total. The van der Waals surface area contributed by atoms with Crippen LogP contribution in [0.25, 0.3) is 0 Å². The monoisotopic (exact) mass is 271 g/mol. The lowest BCUT2D eigenvalue weighted by molar-refractivity contribution is -0.139. The van der Waals surface area contributed by atoms with Crippen LogP contribution in [0, 0.1) is 0 Å². The second-order valence-electron chi connectivity index (χ2n) is 3.84. The van der Waals surface area contributed by atoms with Crippen molar-refractivity contribution in [1.29, 1.82) is 0 Å². The van der Waals surface area contributed by atoms with Crippen LogP contribution in [-0.4, -0.2) is 42.0 Å². The van der Waals surface area contributed by atoms with Crippen LogP contribution in [0.15, 0.2) is 16.9 Å². The number of nitrogens with one attached hydrogen (secondary N) is 2. The molecular formula is C11H17N3O5. The molecular weight excluding hydrogens is 254 g/mol. The summed E-state index contributed by atoms with van der Waals surface area (Å²) in [5.74, 6) is -1.08. The minimum absolute atomic E-state index is 0.173. The van der Waals surface area contributed by atoms with Gasteiger partial charge in [-0.3, -0.25) is 0 Å². The fraction of sp³-hybridized carbons (Fsp3) is 0.545. The minimum Gasteiger partial charge on any atom is -0.480 e. The molecule has 19 heavy (non-hydrogen) atoms. The molecule has 1 heterocycles. The zero-order valence-electron chi connectivity index (χ0n) is 10.6. The van der Waals surface area contributed by atoms with E-state index in [1.807, 2.05) is 0 Å². The van der Waals surface area contributed by atoms with Gasteiger partial charge in [0.25, 0.3) is 0 Å². The number of urea groups is 1. The van der Waals surface area contributed by atoms with Crippen LogP contribution < -0.4 is 10.6 Å². The highest BCUT2D eigenvalue weighted by Gasteiger charge is 2.19. The van der Waals surface area contributed by atoms with Gasteiger partial charge in [-0.15, -0.1) is 0 Å². The SMILES string of the molecule is COCCCC(NC(=O)NCc1ccon1)C(=O)O. The van der Waals surface area contributed by atoms with Gasteiger partial charge in [0.15, 0.2) is 0 Å². The van der Waals surface area contributed by atoms with Gasteiger partial charge >= 0.3 is 12.0 Å². The molecule has 0 fully saturated rings. The molecule has 0 radical (unpaired) electrons. The molecule has 1 atom stereocenters. The number of ether oxygens (including phenoxy) is 1. The number of methoxy groups -OCH3 is 1. The summed E-state index contributed by atoms with van der Waals surface area (Å²) in [5.41, 5.74) is 0.557. The Kier molecular flexibility index (Phi) is 6.37. The van der Waals surface area contributed by atoms with Gasteiger partial charge in [0, 0.05) is 19.8 Å². The number of carboxylic acid groups (broad SMARTS) is 1. The summed E-state index contributed by atoms with van der Waals surface area (Å²) in [6.45, 7) is 0.624. The van der Waals surface area contributed by atoms with Crippen LogP contribution >= 0.6 is 0 Å². The van der Waals surface area contributed by atoms with Crippen molar-refractivity contribution in [2.45, 2.75) is 25.4 Å². The van der Waals surface area contributed by atoms with Crippen molar-refractivity contribution in [2.75, 3.05) is 13.7 Å². The van der Waals surface area contributed by atoms with Crippen LogP contribution in [0.3, 0.4) is 0 Å². The largest absolute Gasteiger partial charge is 0.480 e. The number of hydrogen-bond donors (Lipinski definition) is 3. The maximum absolute atomic E-state index is 11.5. The van der Waals surface area contributed by atoms with Crippen molar-refractivity contribution in [1.82, 2.24) is 15.8 Å². The van der Waals surface area contributed by atoms with Gasteiger partial charge in [0.2, 0.25) is 0 Å². The first-order valence-corrected chi connectivity index (χ1v) is 5.79. The summed E-state index contributed by atoms with van der Waals surface area (Å²) < 4.78 is 9.44. The molecule has 1 aromatic rings. The molecule has 2 amide bonds. The number of amides is 2. The Morgan fingerprint density at radius 3 is 2.95 bits per heavy atom. The highest BCUT2D eigenvalue weighted by Crippen LogP contribution is 1.98. The van der Waals surface area contributed by atoms with E-state index in [0.717, 1.165) is 0 Å². The normalized spacial score (nSPS) is 11.8. The van der Waals surface area contributed by atoms with Crippen LogP contribution in [0.4, 0.5) is 4.79 Å². The molecule has 0 saturated carbocycles. The average molecular weight is 271 g/mol. The van der Waals surface area contributed by atoms with Gasteiger partial charge in [-0.2, -0.15) is 0 Å². The van der Waals surface area contributed by atoms with E-state index in [2.05, 4.69) is 20.3 Å². The van der Waals surface area contributed by atoms with E-state index in [1.165, 1.54) is 13.4 Å². The maximum atomic E-state index is 11.5. The fourth-order valence-electron chi connectivity index (χ4n) is 1.40. The van der Waals surface area contributed by atoms with E-state index in [1.54, 1.807) is 6.07 Å². The van der Waals surface area contributed by atoms with Crippen LogP contribution in [0.2, 0.25) is 0 Å². The van der Waals surface area contributed by atoms with E-state index >= 15 is 0 Å². The summed E-state index contributed by atoms with van der Waals surface area (Å²) in [4.78, 5) is 22.5. The number of rotatable bonds is 8. The lowest BCUT2D eigenvalue weighted by Crippen LogP contribution is -2.45. The molecule has 1 unspecified atom stereocenters. The van der Waals surface area contributed by atoms with Crippen molar-refractivity contribution in [3.63, 3.8) is 0 Å². The van der Waals surface area contributed by atoms with E-state index in [0.29, 0.717) is 25.1 Å². The molecule has 0 aliphatic carbocycles. The molecule has 106 valence electrons.